The van der Waals surface area contributed by atoms with E-state index in [2.05, 4.69) is 10.0 Å². The van der Waals surface area contributed by atoms with Crippen molar-refractivity contribution in [2.24, 2.45) is 0 Å². The summed E-state index contributed by atoms with van der Waals surface area (Å²) in [6.45, 7) is 1.67. The number of benzene rings is 2. The lowest BCUT2D eigenvalue weighted by molar-refractivity contribution is -0.115. The number of ether oxygens (including phenoxy) is 2. The molecular formula is C17H18N2O5S. The average Bonchev–Trinajstić information content (AvgIpc) is 3.08. The Morgan fingerprint density at radius 3 is 2.68 bits per heavy atom. The number of carbonyl (C=O) groups is 1. The fraction of sp³-hybridized carbons (Fsp3) is 0.235. The molecule has 0 fully saturated rings. The maximum absolute atomic E-state index is 12.3. The van der Waals surface area contributed by atoms with Crippen LogP contribution in [0.2, 0.25) is 0 Å². The minimum Gasteiger partial charge on any atom is -0.454 e. The number of hydrogen-bond acceptors (Lipinski definition) is 5. The molecule has 0 atom stereocenters. The van der Waals surface area contributed by atoms with E-state index in [4.69, 9.17) is 9.47 Å². The zero-order valence-corrected chi connectivity index (χ0v) is 14.4. The van der Waals surface area contributed by atoms with Crippen LogP contribution in [0.1, 0.15) is 12.5 Å². The molecule has 0 unspecified atom stereocenters. The van der Waals surface area contributed by atoms with E-state index < -0.39 is 15.9 Å². The Labute approximate surface area is 146 Å². The highest BCUT2D eigenvalue weighted by atomic mass is 32.2. The first-order valence-corrected chi connectivity index (χ1v) is 9.25. The molecule has 2 aromatic carbocycles. The fourth-order valence-electron chi connectivity index (χ4n) is 2.43. The van der Waals surface area contributed by atoms with Crippen LogP contribution in [-0.4, -0.2) is 27.7 Å². The summed E-state index contributed by atoms with van der Waals surface area (Å²) in [5.74, 6) is 0.419. The molecule has 2 aromatic rings. The summed E-state index contributed by atoms with van der Waals surface area (Å²) in [7, 11) is -3.83. The lowest BCUT2D eigenvalue weighted by Gasteiger charge is -2.11. The third kappa shape index (κ3) is 3.92. The fourth-order valence-corrected chi connectivity index (χ4v) is 3.43. The number of carbonyl (C=O) groups excluding carboxylic acids is 1. The topological polar surface area (TPSA) is 93.7 Å². The molecule has 1 aliphatic heterocycles. The van der Waals surface area contributed by atoms with E-state index in [9.17, 15) is 13.2 Å². The van der Waals surface area contributed by atoms with Crippen LogP contribution in [0.5, 0.6) is 11.5 Å². The number of anilines is 1. The van der Waals surface area contributed by atoms with Crippen LogP contribution in [0.25, 0.3) is 0 Å². The summed E-state index contributed by atoms with van der Waals surface area (Å²) in [6, 6.07) is 11.7. The van der Waals surface area contributed by atoms with Crippen molar-refractivity contribution in [1.29, 1.82) is 0 Å². The molecule has 0 spiro atoms. The summed E-state index contributed by atoms with van der Waals surface area (Å²) in [5, 5.41) is 2.72. The summed E-state index contributed by atoms with van der Waals surface area (Å²) >= 11 is 0. The van der Waals surface area contributed by atoms with Crippen LogP contribution in [0.4, 0.5) is 5.69 Å². The maximum Gasteiger partial charge on any atom is 0.241 e. The summed E-state index contributed by atoms with van der Waals surface area (Å²) < 4.78 is 37.3. The van der Waals surface area contributed by atoms with Crippen molar-refractivity contribution < 1.29 is 22.7 Å². The highest BCUT2D eigenvalue weighted by Gasteiger charge is 2.21. The second kappa shape index (κ2) is 7.12. The lowest BCUT2D eigenvalue weighted by atomic mass is 10.1. The normalized spacial score (nSPS) is 12.8. The van der Waals surface area contributed by atoms with Gasteiger partial charge in [-0.25, -0.2) is 13.1 Å². The van der Waals surface area contributed by atoms with E-state index in [1.54, 1.807) is 6.07 Å². The monoisotopic (exact) mass is 362 g/mol. The summed E-state index contributed by atoms with van der Waals surface area (Å²) in [4.78, 5) is 12.1. The Hall–Kier alpha value is -2.58. The molecule has 8 heteroatoms. The number of nitrogens with one attached hydrogen (secondary N) is 2. The highest BCUT2D eigenvalue weighted by molar-refractivity contribution is 7.89. The molecule has 25 heavy (non-hydrogen) atoms. The Morgan fingerprint density at radius 2 is 1.88 bits per heavy atom. The first-order valence-electron chi connectivity index (χ1n) is 7.76. The van der Waals surface area contributed by atoms with Gasteiger partial charge in [-0.1, -0.05) is 25.1 Å². The van der Waals surface area contributed by atoms with Gasteiger partial charge < -0.3 is 14.8 Å². The van der Waals surface area contributed by atoms with Crippen LogP contribution >= 0.6 is 0 Å². The zero-order valence-electron chi connectivity index (χ0n) is 13.6. The molecule has 0 bridgehead atoms. The van der Waals surface area contributed by atoms with E-state index in [1.165, 1.54) is 18.2 Å². The zero-order chi connectivity index (χ0) is 17.9. The van der Waals surface area contributed by atoms with E-state index in [1.807, 2.05) is 25.1 Å². The van der Waals surface area contributed by atoms with E-state index in [0.717, 1.165) is 12.0 Å². The van der Waals surface area contributed by atoms with Gasteiger partial charge in [0.1, 0.15) is 0 Å². The molecule has 2 N–H and O–H groups in total. The van der Waals surface area contributed by atoms with Crippen molar-refractivity contribution >= 4 is 21.6 Å². The third-order valence-electron chi connectivity index (χ3n) is 3.75. The van der Waals surface area contributed by atoms with Crippen LogP contribution in [0, 0.1) is 0 Å². The predicted octanol–water partition coefficient (Wildman–Crippen LogP) is 1.89. The Morgan fingerprint density at radius 1 is 1.12 bits per heavy atom. The smallest absolute Gasteiger partial charge is 0.241 e. The van der Waals surface area contributed by atoms with Gasteiger partial charge in [0.25, 0.3) is 0 Å². The van der Waals surface area contributed by atoms with E-state index in [0.29, 0.717) is 17.2 Å². The van der Waals surface area contributed by atoms with Crippen LogP contribution in [0.3, 0.4) is 0 Å². The van der Waals surface area contributed by atoms with Crippen LogP contribution in [0.15, 0.2) is 47.4 Å². The van der Waals surface area contributed by atoms with Gasteiger partial charge >= 0.3 is 0 Å². The molecule has 7 nitrogen and oxygen atoms in total. The van der Waals surface area contributed by atoms with Gasteiger partial charge in [0, 0.05) is 11.8 Å². The van der Waals surface area contributed by atoms with Gasteiger partial charge in [-0.15, -0.1) is 0 Å². The second-order valence-electron chi connectivity index (χ2n) is 5.40. The van der Waals surface area contributed by atoms with Crippen molar-refractivity contribution in [3.8, 4) is 11.5 Å². The van der Waals surface area contributed by atoms with Crippen molar-refractivity contribution in [3.05, 3.63) is 48.0 Å². The van der Waals surface area contributed by atoms with Crippen molar-refractivity contribution in [1.82, 2.24) is 4.72 Å². The SMILES string of the molecule is CCc1ccccc1NC(=O)CNS(=O)(=O)c1ccc2c(c1)OCO2. The van der Waals surface area contributed by atoms with Gasteiger partial charge in [-0.3, -0.25) is 4.79 Å². The van der Waals surface area contributed by atoms with Gasteiger partial charge in [-0.05, 0) is 30.2 Å². The highest BCUT2D eigenvalue weighted by Crippen LogP contribution is 2.33. The Bertz CT molecular complexity index is 896. The number of para-hydroxylation sites is 1. The minimum atomic E-state index is -3.83. The molecule has 1 amide bonds. The summed E-state index contributed by atoms with van der Waals surface area (Å²) in [6.07, 6.45) is 0.763. The third-order valence-corrected chi connectivity index (χ3v) is 5.15. The van der Waals surface area contributed by atoms with E-state index >= 15 is 0 Å². The minimum absolute atomic E-state index is 0.0125. The van der Waals surface area contributed by atoms with Crippen LogP contribution in [-0.2, 0) is 21.2 Å². The van der Waals surface area contributed by atoms with Gasteiger partial charge in [-0.2, -0.15) is 0 Å². The van der Waals surface area contributed by atoms with Gasteiger partial charge in [0.2, 0.25) is 22.7 Å². The molecule has 0 saturated carbocycles. The predicted molar refractivity (Wildman–Crippen MR) is 92.2 cm³/mol. The number of aryl methyl sites for hydroxylation is 1. The first kappa shape index (κ1) is 17.2. The molecule has 0 radical (unpaired) electrons. The summed E-state index contributed by atoms with van der Waals surface area (Å²) in [5.41, 5.74) is 1.66. The molecule has 1 aliphatic rings. The number of amides is 1. The van der Waals surface area contributed by atoms with Gasteiger partial charge in [0.15, 0.2) is 11.5 Å². The largest absolute Gasteiger partial charge is 0.454 e. The Kier molecular flexibility index (Phi) is 4.91. The number of hydrogen-bond donors (Lipinski definition) is 2. The number of fused-ring (bicyclic) bond motifs is 1. The van der Waals surface area contributed by atoms with Crippen molar-refractivity contribution in [2.75, 3.05) is 18.7 Å². The molecule has 132 valence electrons. The molecule has 0 aliphatic carbocycles. The van der Waals surface area contributed by atoms with E-state index in [-0.39, 0.29) is 18.2 Å². The molecule has 1 heterocycles. The average molecular weight is 362 g/mol. The maximum atomic E-state index is 12.3. The Balaban J connectivity index is 1.65. The lowest BCUT2D eigenvalue weighted by Crippen LogP contribution is -2.33. The van der Waals surface area contributed by atoms with Crippen LogP contribution < -0.4 is 19.5 Å². The number of sulfonamides is 1. The number of rotatable bonds is 6. The van der Waals surface area contributed by atoms with Crippen molar-refractivity contribution in [3.63, 3.8) is 0 Å². The molecule has 0 saturated heterocycles. The quantitative estimate of drug-likeness (QED) is 0.818. The molecule has 0 aromatic heterocycles. The molecular weight excluding hydrogens is 344 g/mol. The second-order valence-corrected chi connectivity index (χ2v) is 7.17. The van der Waals surface area contributed by atoms with Crippen molar-refractivity contribution in [2.45, 2.75) is 18.2 Å². The van der Waals surface area contributed by atoms with Gasteiger partial charge in [0.05, 0.1) is 11.4 Å². The standard InChI is InChI=1S/C17H18N2O5S/c1-2-12-5-3-4-6-14(12)19-17(20)10-18-25(21,22)13-7-8-15-16(9-13)24-11-23-15/h3-9,18H,2,10-11H2,1H3,(H,19,20). The first-order chi connectivity index (χ1) is 12.0. The molecule has 3 rings (SSSR count).